The van der Waals surface area contributed by atoms with Crippen LogP contribution in [0, 0.1) is 0 Å². The fourth-order valence-corrected chi connectivity index (χ4v) is 2.96. The van der Waals surface area contributed by atoms with Gasteiger partial charge < -0.3 is 14.8 Å². The number of halogens is 1. The van der Waals surface area contributed by atoms with Gasteiger partial charge in [0.2, 0.25) is 0 Å². The molecule has 3 rings (SSSR count). The molecule has 2 N–H and O–H groups in total. The lowest BCUT2D eigenvalue weighted by Gasteiger charge is -2.09. The van der Waals surface area contributed by atoms with Gasteiger partial charge >= 0.3 is 17.8 Å². The molecule has 0 heterocycles. The Kier molecular flexibility index (Phi) is 7.71. The summed E-state index contributed by atoms with van der Waals surface area (Å²) >= 11 is 3.34. The van der Waals surface area contributed by atoms with E-state index in [0.717, 1.165) is 0 Å². The maximum absolute atomic E-state index is 12.3. The van der Waals surface area contributed by atoms with E-state index in [1.165, 1.54) is 13.3 Å². The number of esters is 1. The molecule has 0 aromatic heterocycles. The smallest absolute Gasteiger partial charge is 0.343 e. The molecule has 0 spiro atoms. The lowest BCUT2D eigenvalue weighted by atomic mass is 10.2. The number of hydrogen-bond donors (Lipinski definition) is 2. The average molecular weight is 496 g/mol. The number of anilines is 1. The molecule has 0 bridgehead atoms. The minimum atomic E-state index is -0.981. The van der Waals surface area contributed by atoms with Crippen LogP contribution in [0.3, 0.4) is 0 Å². The summed E-state index contributed by atoms with van der Waals surface area (Å²) in [5.74, 6) is -1.79. The van der Waals surface area contributed by atoms with Gasteiger partial charge in [-0.3, -0.25) is 9.59 Å². The van der Waals surface area contributed by atoms with Crippen molar-refractivity contribution in [3.05, 3.63) is 88.4 Å². The van der Waals surface area contributed by atoms with Crippen LogP contribution in [0.15, 0.2) is 82.4 Å². The van der Waals surface area contributed by atoms with Crippen molar-refractivity contribution in [3.63, 3.8) is 0 Å². The number of hydrogen-bond acceptors (Lipinski definition) is 6. The summed E-state index contributed by atoms with van der Waals surface area (Å²) in [5.41, 5.74) is 3.29. The second kappa shape index (κ2) is 10.9. The van der Waals surface area contributed by atoms with Crippen LogP contribution in [-0.4, -0.2) is 31.1 Å². The second-order valence-electron chi connectivity index (χ2n) is 6.29. The second-order valence-corrected chi connectivity index (χ2v) is 7.21. The molecule has 0 aliphatic carbocycles. The molecule has 0 aliphatic rings. The molecule has 0 unspecified atom stereocenters. The van der Waals surface area contributed by atoms with Gasteiger partial charge in [-0.05, 0) is 42.5 Å². The Labute approximate surface area is 192 Å². The van der Waals surface area contributed by atoms with Crippen molar-refractivity contribution >= 4 is 45.6 Å². The summed E-state index contributed by atoms with van der Waals surface area (Å²) in [5, 5.41) is 6.25. The van der Waals surface area contributed by atoms with E-state index in [1.807, 2.05) is 0 Å². The van der Waals surface area contributed by atoms with Gasteiger partial charge in [-0.15, -0.1) is 0 Å². The lowest BCUT2D eigenvalue weighted by Crippen LogP contribution is -2.32. The van der Waals surface area contributed by atoms with Gasteiger partial charge in [-0.2, -0.15) is 5.10 Å². The molecule has 2 amide bonds. The minimum Gasteiger partial charge on any atom is -0.495 e. The Morgan fingerprint density at radius 1 is 0.906 bits per heavy atom. The Bertz CT molecular complexity index is 1170. The molecule has 3 aromatic carbocycles. The summed E-state index contributed by atoms with van der Waals surface area (Å²) < 4.78 is 11.3. The first kappa shape index (κ1) is 22.7. The molecule has 0 radical (unpaired) electrons. The zero-order valence-corrected chi connectivity index (χ0v) is 18.5. The quantitative estimate of drug-likeness (QED) is 0.178. The molecule has 0 fully saturated rings. The molecule has 0 saturated carbocycles. The SMILES string of the molecule is COc1ccccc1NC(=O)C(=O)N/N=C\c1cc(Br)ccc1OC(=O)c1ccccc1. The molecular weight excluding hydrogens is 478 g/mol. The molecule has 8 nitrogen and oxygen atoms in total. The zero-order valence-electron chi connectivity index (χ0n) is 16.9. The van der Waals surface area contributed by atoms with Crippen LogP contribution >= 0.6 is 15.9 Å². The highest BCUT2D eigenvalue weighted by molar-refractivity contribution is 9.10. The molecule has 3 aromatic rings. The molecule has 0 aliphatic heterocycles. The van der Waals surface area contributed by atoms with Crippen molar-refractivity contribution in [1.29, 1.82) is 0 Å². The van der Waals surface area contributed by atoms with E-state index in [4.69, 9.17) is 9.47 Å². The monoisotopic (exact) mass is 495 g/mol. The third-order valence-electron chi connectivity index (χ3n) is 4.12. The lowest BCUT2D eigenvalue weighted by molar-refractivity contribution is -0.136. The van der Waals surface area contributed by atoms with Gasteiger partial charge in [0, 0.05) is 10.0 Å². The number of carbonyl (C=O) groups is 3. The van der Waals surface area contributed by atoms with Crippen molar-refractivity contribution < 1.29 is 23.9 Å². The maximum atomic E-state index is 12.3. The molecule has 0 atom stereocenters. The predicted molar refractivity (Wildman–Crippen MR) is 123 cm³/mol. The first-order valence-electron chi connectivity index (χ1n) is 9.32. The number of rotatable bonds is 6. The van der Waals surface area contributed by atoms with Crippen molar-refractivity contribution in [1.82, 2.24) is 5.43 Å². The Hall–Kier alpha value is -3.98. The largest absolute Gasteiger partial charge is 0.495 e. The van der Waals surface area contributed by atoms with E-state index >= 15 is 0 Å². The van der Waals surface area contributed by atoms with Gasteiger partial charge in [0.25, 0.3) is 0 Å². The van der Waals surface area contributed by atoms with Crippen LogP contribution in [-0.2, 0) is 9.59 Å². The van der Waals surface area contributed by atoms with Crippen molar-refractivity contribution in [2.75, 3.05) is 12.4 Å². The summed E-state index contributed by atoms with van der Waals surface area (Å²) in [6.07, 6.45) is 1.27. The highest BCUT2D eigenvalue weighted by atomic mass is 79.9. The summed E-state index contributed by atoms with van der Waals surface area (Å²) in [6, 6.07) is 20.1. The van der Waals surface area contributed by atoms with Crippen LogP contribution in [0.2, 0.25) is 0 Å². The highest BCUT2D eigenvalue weighted by Crippen LogP contribution is 2.24. The third-order valence-corrected chi connectivity index (χ3v) is 4.61. The van der Waals surface area contributed by atoms with E-state index in [1.54, 1.807) is 72.8 Å². The molecular formula is C23H18BrN3O5. The number of amides is 2. The number of benzene rings is 3. The number of ether oxygens (including phenoxy) is 2. The normalized spacial score (nSPS) is 10.4. The standard InChI is InChI=1S/C23H18BrN3O5/c1-31-20-10-6-5-9-18(20)26-21(28)22(29)27-25-14-16-13-17(24)11-12-19(16)32-23(30)15-7-3-2-4-8-15/h2-14H,1H3,(H,26,28)(H,27,29)/b25-14-. The summed E-state index contributed by atoms with van der Waals surface area (Å²) in [7, 11) is 1.45. The van der Waals surface area contributed by atoms with Crippen LogP contribution in [0.25, 0.3) is 0 Å². The third kappa shape index (κ3) is 6.02. The van der Waals surface area contributed by atoms with Crippen LogP contribution in [0.1, 0.15) is 15.9 Å². The summed E-state index contributed by atoms with van der Waals surface area (Å²) in [4.78, 5) is 36.5. The fraction of sp³-hybridized carbons (Fsp3) is 0.0435. The van der Waals surface area contributed by atoms with Gasteiger partial charge in [0.15, 0.2) is 0 Å². The number of nitrogens with zero attached hydrogens (tertiary/aromatic N) is 1. The number of para-hydroxylation sites is 2. The number of carbonyl (C=O) groups excluding carboxylic acids is 3. The first-order valence-corrected chi connectivity index (χ1v) is 10.1. The van der Waals surface area contributed by atoms with Crippen molar-refractivity contribution in [3.8, 4) is 11.5 Å². The van der Waals surface area contributed by atoms with Crippen LogP contribution in [0.5, 0.6) is 11.5 Å². The Morgan fingerprint density at radius 3 is 2.38 bits per heavy atom. The Balaban J connectivity index is 1.66. The molecule has 32 heavy (non-hydrogen) atoms. The molecule has 0 saturated heterocycles. The van der Waals surface area contributed by atoms with E-state index in [-0.39, 0.29) is 5.75 Å². The molecule has 9 heteroatoms. The van der Waals surface area contributed by atoms with Crippen molar-refractivity contribution in [2.45, 2.75) is 0 Å². The highest BCUT2D eigenvalue weighted by Gasteiger charge is 2.15. The number of nitrogens with one attached hydrogen (secondary N) is 2. The minimum absolute atomic E-state index is 0.235. The number of hydrazone groups is 1. The van der Waals surface area contributed by atoms with Gasteiger partial charge in [-0.25, -0.2) is 10.2 Å². The van der Waals surface area contributed by atoms with Crippen LogP contribution < -0.4 is 20.2 Å². The molecule has 162 valence electrons. The van der Waals surface area contributed by atoms with E-state index in [9.17, 15) is 14.4 Å². The first-order chi connectivity index (χ1) is 15.5. The van der Waals surface area contributed by atoms with Gasteiger partial charge in [-0.1, -0.05) is 46.3 Å². The van der Waals surface area contributed by atoms with Crippen LogP contribution in [0.4, 0.5) is 5.69 Å². The van der Waals surface area contributed by atoms with E-state index in [0.29, 0.717) is 27.0 Å². The predicted octanol–water partition coefficient (Wildman–Crippen LogP) is 3.77. The maximum Gasteiger partial charge on any atom is 0.343 e. The fourth-order valence-electron chi connectivity index (χ4n) is 2.58. The van der Waals surface area contributed by atoms with Gasteiger partial charge in [0.1, 0.15) is 11.5 Å². The Morgan fingerprint density at radius 2 is 1.62 bits per heavy atom. The topological polar surface area (TPSA) is 106 Å². The summed E-state index contributed by atoms with van der Waals surface area (Å²) in [6.45, 7) is 0. The van der Waals surface area contributed by atoms with E-state index < -0.39 is 17.8 Å². The van der Waals surface area contributed by atoms with Crippen molar-refractivity contribution in [2.24, 2.45) is 5.10 Å². The zero-order chi connectivity index (χ0) is 22.9. The number of methoxy groups -OCH3 is 1. The average Bonchev–Trinajstić information content (AvgIpc) is 2.81. The van der Waals surface area contributed by atoms with E-state index in [2.05, 4.69) is 31.8 Å². The van der Waals surface area contributed by atoms with Gasteiger partial charge in [0.05, 0.1) is 24.6 Å².